The zero-order chi connectivity index (χ0) is 14.4. The summed E-state index contributed by atoms with van der Waals surface area (Å²) in [4.78, 5) is 22.4. The van der Waals surface area contributed by atoms with Crippen LogP contribution in [-0.2, 0) is 19.1 Å². The maximum Gasteiger partial charge on any atom is 0.306 e. The number of aliphatic hydroxyl groups is 2. The molecule has 0 atom stereocenters. The van der Waals surface area contributed by atoms with Crippen molar-refractivity contribution in [2.24, 2.45) is 0 Å². The molecule has 2 N–H and O–H groups in total. The van der Waals surface area contributed by atoms with Crippen molar-refractivity contribution in [2.75, 3.05) is 13.2 Å². The van der Waals surface area contributed by atoms with Gasteiger partial charge in [0.1, 0.15) is 13.2 Å². The summed E-state index contributed by atoms with van der Waals surface area (Å²) in [5.74, 6) is -1.14. The highest BCUT2D eigenvalue weighted by molar-refractivity contribution is 5.77. The first kappa shape index (κ1) is 16.9. The van der Waals surface area contributed by atoms with Crippen LogP contribution in [0.15, 0.2) is 0 Å². The molecule has 0 radical (unpaired) electrons. The van der Waals surface area contributed by atoms with E-state index >= 15 is 0 Å². The van der Waals surface area contributed by atoms with Gasteiger partial charge < -0.3 is 19.7 Å². The van der Waals surface area contributed by atoms with Crippen molar-refractivity contribution in [2.45, 2.75) is 51.7 Å². The molecule has 0 aromatic rings. The predicted molar refractivity (Wildman–Crippen MR) is 63.7 cm³/mol. The molecule has 0 amide bonds. The van der Waals surface area contributed by atoms with Crippen LogP contribution in [0.4, 0.5) is 0 Å². The second-order valence-electron chi connectivity index (χ2n) is 5.45. The van der Waals surface area contributed by atoms with Crippen molar-refractivity contribution < 1.29 is 29.3 Å². The van der Waals surface area contributed by atoms with Crippen molar-refractivity contribution in [1.82, 2.24) is 0 Å². The topological polar surface area (TPSA) is 93.1 Å². The third kappa shape index (κ3) is 11.3. The SMILES string of the molecule is CC(C)(O)COC(=O)CCC(=O)OCC(C)(C)O. The zero-order valence-electron chi connectivity index (χ0n) is 11.4. The highest BCUT2D eigenvalue weighted by atomic mass is 16.5. The largest absolute Gasteiger partial charge is 0.463 e. The second kappa shape index (κ2) is 6.70. The quantitative estimate of drug-likeness (QED) is 0.645. The number of ether oxygens (including phenoxy) is 2. The minimum Gasteiger partial charge on any atom is -0.463 e. The Bertz CT molecular complexity index is 254. The van der Waals surface area contributed by atoms with E-state index in [1.54, 1.807) is 0 Å². The minimum atomic E-state index is -1.09. The van der Waals surface area contributed by atoms with E-state index in [1.807, 2.05) is 0 Å². The Morgan fingerprint density at radius 3 is 1.33 bits per heavy atom. The first-order chi connectivity index (χ1) is 7.99. The number of hydrogen-bond acceptors (Lipinski definition) is 6. The number of rotatable bonds is 7. The van der Waals surface area contributed by atoms with Gasteiger partial charge in [0.25, 0.3) is 0 Å². The van der Waals surface area contributed by atoms with E-state index in [-0.39, 0.29) is 26.1 Å². The monoisotopic (exact) mass is 262 g/mol. The fourth-order valence-electron chi connectivity index (χ4n) is 0.863. The van der Waals surface area contributed by atoms with Gasteiger partial charge in [-0.2, -0.15) is 0 Å². The first-order valence-electron chi connectivity index (χ1n) is 5.76. The lowest BCUT2D eigenvalue weighted by Gasteiger charge is -2.17. The summed E-state index contributed by atoms with van der Waals surface area (Å²) in [6.07, 6.45) is -0.221. The summed E-state index contributed by atoms with van der Waals surface area (Å²) in [6, 6.07) is 0. The van der Waals surface area contributed by atoms with E-state index < -0.39 is 23.1 Å². The Morgan fingerprint density at radius 1 is 0.833 bits per heavy atom. The number of carbonyl (C=O) groups is 2. The van der Waals surface area contributed by atoms with Gasteiger partial charge in [-0.1, -0.05) is 0 Å². The summed E-state index contributed by atoms with van der Waals surface area (Å²) in [6.45, 7) is 5.81. The zero-order valence-corrected chi connectivity index (χ0v) is 11.4. The molecule has 106 valence electrons. The van der Waals surface area contributed by atoms with E-state index in [0.29, 0.717) is 0 Å². The van der Waals surface area contributed by atoms with Gasteiger partial charge in [-0.3, -0.25) is 9.59 Å². The van der Waals surface area contributed by atoms with Gasteiger partial charge in [-0.15, -0.1) is 0 Å². The number of esters is 2. The van der Waals surface area contributed by atoms with Gasteiger partial charge >= 0.3 is 11.9 Å². The van der Waals surface area contributed by atoms with E-state index in [0.717, 1.165) is 0 Å². The van der Waals surface area contributed by atoms with Crippen LogP contribution in [0.25, 0.3) is 0 Å². The van der Waals surface area contributed by atoms with Crippen LogP contribution < -0.4 is 0 Å². The minimum absolute atomic E-state index is 0.110. The summed E-state index contributed by atoms with van der Waals surface area (Å²) in [5, 5.41) is 18.6. The third-order valence-electron chi connectivity index (χ3n) is 1.71. The molecule has 6 nitrogen and oxygen atoms in total. The van der Waals surface area contributed by atoms with Crippen LogP contribution in [-0.4, -0.2) is 46.6 Å². The highest BCUT2D eigenvalue weighted by Gasteiger charge is 2.18. The van der Waals surface area contributed by atoms with Gasteiger partial charge in [0.2, 0.25) is 0 Å². The van der Waals surface area contributed by atoms with Crippen LogP contribution in [0, 0.1) is 0 Å². The van der Waals surface area contributed by atoms with Gasteiger partial charge in [-0.25, -0.2) is 0 Å². The molecule has 0 aromatic carbocycles. The number of carbonyl (C=O) groups excluding carboxylic acids is 2. The maximum atomic E-state index is 11.2. The molecule has 0 saturated heterocycles. The molecule has 0 spiro atoms. The van der Waals surface area contributed by atoms with E-state index in [9.17, 15) is 19.8 Å². The van der Waals surface area contributed by atoms with Crippen molar-refractivity contribution in [1.29, 1.82) is 0 Å². The van der Waals surface area contributed by atoms with Crippen molar-refractivity contribution in [3.05, 3.63) is 0 Å². The molecule has 6 heteroatoms. The van der Waals surface area contributed by atoms with Gasteiger partial charge in [0.05, 0.1) is 24.0 Å². The molecule has 0 heterocycles. The maximum absolute atomic E-state index is 11.2. The first-order valence-corrected chi connectivity index (χ1v) is 5.76. The molecule has 0 rings (SSSR count). The van der Waals surface area contributed by atoms with Crippen LogP contribution >= 0.6 is 0 Å². The third-order valence-corrected chi connectivity index (χ3v) is 1.71. The number of hydrogen-bond donors (Lipinski definition) is 2. The standard InChI is InChI=1S/C12H22O6/c1-11(2,15)7-17-9(13)5-6-10(14)18-8-12(3,4)16/h15-16H,5-8H2,1-4H3. The molecule has 0 aliphatic heterocycles. The molecular weight excluding hydrogens is 240 g/mol. The summed E-state index contributed by atoms with van der Waals surface area (Å²) in [7, 11) is 0. The normalized spacial score (nSPS) is 12.1. The molecular formula is C12H22O6. The lowest BCUT2D eigenvalue weighted by molar-refractivity contribution is -0.156. The Balaban J connectivity index is 3.76. The molecule has 0 unspecified atom stereocenters. The molecule has 0 fully saturated rings. The van der Waals surface area contributed by atoms with Crippen LogP contribution in [0.3, 0.4) is 0 Å². The van der Waals surface area contributed by atoms with Crippen molar-refractivity contribution >= 4 is 11.9 Å². The van der Waals surface area contributed by atoms with Gasteiger partial charge in [-0.05, 0) is 27.7 Å². The molecule has 0 aromatic heterocycles. The molecule has 0 aliphatic carbocycles. The van der Waals surface area contributed by atoms with Crippen molar-refractivity contribution in [3.63, 3.8) is 0 Å². The smallest absolute Gasteiger partial charge is 0.306 e. The van der Waals surface area contributed by atoms with Crippen LogP contribution in [0.2, 0.25) is 0 Å². The Hall–Kier alpha value is -1.14. The predicted octanol–water partition coefficient (Wildman–Crippen LogP) is 0.395. The molecule has 18 heavy (non-hydrogen) atoms. The molecule has 0 saturated carbocycles. The Labute approximate surface area is 107 Å². The van der Waals surface area contributed by atoms with E-state index in [4.69, 9.17) is 9.47 Å². The van der Waals surface area contributed by atoms with E-state index in [1.165, 1.54) is 27.7 Å². The Kier molecular flexibility index (Phi) is 6.28. The molecule has 0 aliphatic rings. The summed E-state index contributed by atoms with van der Waals surface area (Å²) >= 11 is 0. The van der Waals surface area contributed by atoms with Gasteiger partial charge in [0.15, 0.2) is 0 Å². The van der Waals surface area contributed by atoms with Crippen LogP contribution in [0.5, 0.6) is 0 Å². The lowest BCUT2D eigenvalue weighted by Crippen LogP contribution is -2.29. The average molecular weight is 262 g/mol. The van der Waals surface area contributed by atoms with Crippen LogP contribution in [0.1, 0.15) is 40.5 Å². The van der Waals surface area contributed by atoms with E-state index in [2.05, 4.69) is 0 Å². The highest BCUT2D eigenvalue weighted by Crippen LogP contribution is 2.05. The summed E-state index contributed by atoms with van der Waals surface area (Å²) in [5.41, 5.74) is -2.17. The fourth-order valence-corrected chi connectivity index (χ4v) is 0.863. The average Bonchev–Trinajstić information content (AvgIpc) is 2.18. The molecule has 0 bridgehead atoms. The second-order valence-corrected chi connectivity index (χ2v) is 5.45. The van der Waals surface area contributed by atoms with Gasteiger partial charge in [0, 0.05) is 0 Å². The lowest BCUT2D eigenvalue weighted by atomic mass is 10.2. The Morgan fingerprint density at radius 2 is 1.11 bits per heavy atom. The van der Waals surface area contributed by atoms with Crippen molar-refractivity contribution in [3.8, 4) is 0 Å². The summed E-state index contributed by atoms with van der Waals surface area (Å²) < 4.78 is 9.51. The fraction of sp³-hybridized carbons (Fsp3) is 0.833.